The predicted octanol–water partition coefficient (Wildman–Crippen LogP) is 5.77. The number of hydrogen-bond donors (Lipinski definition) is 0. The minimum atomic E-state index is -0.445. The van der Waals surface area contributed by atoms with Gasteiger partial charge in [-0.15, -0.1) is 5.10 Å². The van der Waals surface area contributed by atoms with Gasteiger partial charge in [-0.1, -0.05) is 86.1 Å². The SMILES string of the molecule is CCCC[C@@H]1S/C(=N/N=C\c2cccc([N+](=O)[O-])c2)N(Cc2cccc3ccccc23)C1=O. The third-order valence-electron chi connectivity index (χ3n) is 5.48. The van der Waals surface area contributed by atoms with Crippen molar-refractivity contribution in [1.82, 2.24) is 4.90 Å². The number of unbranched alkanes of at least 4 members (excludes halogenated alkanes) is 1. The summed E-state index contributed by atoms with van der Waals surface area (Å²) in [7, 11) is 0. The number of rotatable bonds is 8. The molecule has 0 spiro atoms. The third kappa shape index (κ3) is 5.28. The van der Waals surface area contributed by atoms with E-state index in [0.29, 0.717) is 17.3 Å². The number of amides is 1. The molecule has 0 aromatic heterocycles. The fourth-order valence-electron chi connectivity index (χ4n) is 3.77. The number of non-ortho nitro benzene ring substituents is 1. The number of nitrogens with zero attached hydrogens (tertiary/aromatic N) is 4. The van der Waals surface area contributed by atoms with E-state index in [2.05, 4.69) is 35.3 Å². The van der Waals surface area contributed by atoms with Crippen LogP contribution < -0.4 is 0 Å². The van der Waals surface area contributed by atoms with Crippen LogP contribution in [0.2, 0.25) is 0 Å². The molecule has 1 heterocycles. The second-order valence-corrected chi connectivity index (χ2v) is 8.96. The smallest absolute Gasteiger partial charge is 0.270 e. The molecule has 1 atom stereocenters. The summed E-state index contributed by atoms with van der Waals surface area (Å²) in [5.41, 5.74) is 1.62. The normalized spacial score (nSPS) is 17.5. The Morgan fingerprint density at radius 2 is 1.91 bits per heavy atom. The minimum absolute atomic E-state index is 0.00534. The van der Waals surface area contributed by atoms with Crippen molar-refractivity contribution in [2.24, 2.45) is 10.2 Å². The first-order chi connectivity index (χ1) is 16.1. The summed E-state index contributed by atoms with van der Waals surface area (Å²) in [6, 6.07) is 20.4. The van der Waals surface area contributed by atoms with Crippen LogP contribution in [0, 0.1) is 10.1 Å². The van der Waals surface area contributed by atoms with Crippen LogP contribution in [0.25, 0.3) is 10.8 Å². The van der Waals surface area contributed by atoms with Crippen LogP contribution in [-0.2, 0) is 11.3 Å². The van der Waals surface area contributed by atoms with E-state index in [1.165, 1.54) is 30.1 Å². The molecular weight excluding hydrogens is 436 g/mol. The van der Waals surface area contributed by atoms with Gasteiger partial charge in [-0.3, -0.25) is 19.8 Å². The molecular formula is C25H24N4O3S. The minimum Gasteiger partial charge on any atom is -0.284 e. The standard InChI is InChI=1S/C25H24N4O3S/c1-2-3-14-23-24(30)28(17-20-11-7-10-19-9-4-5-13-22(19)20)25(33-23)27-26-16-18-8-6-12-21(15-18)29(31)32/h4-13,15-16,23H,2-3,14,17H2,1H3/b26-16-,27-25+/t23-/m0/s1. The van der Waals surface area contributed by atoms with Gasteiger partial charge in [0.2, 0.25) is 5.91 Å². The zero-order valence-electron chi connectivity index (χ0n) is 18.3. The Morgan fingerprint density at radius 3 is 2.73 bits per heavy atom. The van der Waals surface area contributed by atoms with Crippen molar-refractivity contribution in [3.8, 4) is 0 Å². The molecule has 3 aromatic rings. The van der Waals surface area contributed by atoms with Crippen molar-refractivity contribution < 1.29 is 9.72 Å². The van der Waals surface area contributed by atoms with Crippen LogP contribution >= 0.6 is 11.8 Å². The van der Waals surface area contributed by atoms with E-state index >= 15 is 0 Å². The fraction of sp³-hybridized carbons (Fsp3) is 0.240. The van der Waals surface area contributed by atoms with E-state index in [1.807, 2.05) is 24.3 Å². The van der Waals surface area contributed by atoms with Gasteiger partial charge in [0.25, 0.3) is 5.69 Å². The number of amidine groups is 1. The molecule has 33 heavy (non-hydrogen) atoms. The molecule has 0 aliphatic carbocycles. The van der Waals surface area contributed by atoms with Crippen molar-refractivity contribution in [3.05, 3.63) is 88.0 Å². The summed E-state index contributed by atoms with van der Waals surface area (Å²) in [5.74, 6) is 0.0469. The van der Waals surface area contributed by atoms with Crippen LogP contribution in [-0.4, -0.2) is 32.4 Å². The van der Waals surface area contributed by atoms with Crippen molar-refractivity contribution >= 4 is 45.5 Å². The van der Waals surface area contributed by atoms with Gasteiger partial charge in [-0.25, -0.2) is 0 Å². The van der Waals surface area contributed by atoms with Gasteiger partial charge in [0.05, 0.1) is 22.9 Å². The van der Waals surface area contributed by atoms with Gasteiger partial charge in [0.15, 0.2) is 5.17 Å². The van der Waals surface area contributed by atoms with E-state index < -0.39 is 4.92 Å². The average molecular weight is 461 g/mol. The maximum Gasteiger partial charge on any atom is 0.270 e. The van der Waals surface area contributed by atoms with E-state index in [-0.39, 0.29) is 16.8 Å². The average Bonchev–Trinajstić information content (AvgIpc) is 3.12. The number of thioether (sulfide) groups is 1. The summed E-state index contributed by atoms with van der Waals surface area (Å²) >= 11 is 1.44. The second kappa shape index (κ2) is 10.4. The number of hydrogen-bond acceptors (Lipinski definition) is 6. The molecule has 1 aliphatic heterocycles. The topological polar surface area (TPSA) is 88.2 Å². The molecule has 1 amide bonds. The van der Waals surface area contributed by atoms with Crippen LogP contribution in [0.4, 0.5) is 5.69 Å². The first kappa shape index (κ1) is 22.7. The van der Waals surface area contributed by atoms with Crippen LogP contribution in [0.3, 0.4) is 0 Å². The molecule has 0 bridgehead atoms. The number of nitro groups is 1. The molecule has 3 aromatic carbocycles. The van der Waals surface area contributed by atoms with Crippen LogP contribution in [0.1, 0.15) is 37.3 Å². The molecule has 4 rings (SSSR count). The zero-order valence-corrected chi connectivity index (χ0v) is 19.1. The van der Waals surface area contributed by atoms with Crippen LogP contribution in [0.5, 0.6) is 0 Å². The van der Waals surface area contributed by atoms with Crippen LogP contribution in [0.15, 0.2) is 76.9 Å². The number of benzene rings is 3. The Balaban J connectivity index is 1.61. The van der Waals surface area contributed by atoms with Crippen molar-refractivity contribution in [2.45, 2.75) is 38.0 Å². The molecule has 1 aliphatic rings. The fourth-order valence-corrected chi connectivity index (χ4v) is 4.91. The first-order valence-electron chi connectivity index (χ1n) is 10.9. The lowest BCUT2D eigenvalue weighted by Gasteiger charge is -2.17. The summed E-state index contributed by atoms with van der Waals surface area (Å²) in [4.78, 5) is 25.5. The lowest BCUT2D eigenvalue weighted by Crippen LogP contribution is -2.31. The van der Waals surface area contributed by atoms with Gasteiger partial charge in [-0.2, -0.15) is 5.10 Å². The summed E-state index contributed by atoms with van der Waals surface area (Å²) < 4.78 is 0. The molecule has 168 valence electrons. The zero-order chi connectivity index (χ0) is 23.2. The van der Waals surface area contributed by atoms with Crippen molar-refractivity contribution in [3.63, 3.8) is 0 Å². The number of carbonyl (C=O) groups is 1. The van der Waals surface area contributed by atoms with E-state index in [4.69, 9.17) is 0 Å². The maximum absolute atomic E-state index is 13.2. The van der Waals surface area contributed by atoms with Gasteiger partial charge < -0.3 is 0 Å². The first-order valence-corrected chi connectivity index (χ1v) is 11.7. The Labute approximate surface area is 196 Å². The highest BCUT2D eigenvalue weighted by molar-refractivity contribution is 8.15. The molecule has 0 radical (unpaired) electrons. The highest BCUT2D eigenvalue weighted by Gasteiger charge is 2.37. The lowest BCUT2D eigenvalue weighted by atomic mass is 10.0. The molecule has 1 saturated heterocycles. The predicted molar refractivity (Wildman–Crippen MR) is 134 cm³/mol. The second-order valence-electron chi connectivity index (χ2n) is 7.79. The van der Waals surface area contributed by atoms with Gasteiger partial charge >= 0.3 is 0 Å². The molecule has 8 heteroatoms. The summed E-state index contributed by atoms with van der Waals surface area (Å²) in [6.45, 7) is 2.53. The highest BCUT2D eigenvalue weighted by atomic mass is 32.2. The largest absolute Gasteiger partial charge is 0.284 e. The Morgan fingerprint density at radius 1 is 1.12 bits per heavy atom. The molecule has 7 nitrogen and oxygen atoms in total. The molecule has 1 fully saturated rings. The Kier molecular flexibility index (Phi) is 7.14. The van der Waals surface area contributed by atoms with E-state index in [1.54, 1.807) is 17.0 Å². The van der Waals surface area contributed by atoms with Crippen molar-refractivity contribution in [2.75, 3.05) is 0 Å². The third-order valence-corrected chi connectivity index (χ3v) is 6.71. The number of fused-ring (bicyclic) bond motifs is 1. The van der Waals surface area contributed by atoms with Gasteiger partial charge in [-0.05, 0) is 22.8 Å². The number of nitro benzene ring substituents is 1. The van der Waals surface area contributed by atoms with E-state index in [0.717, 1.165) is 35.6 Å². The van der Waals surface area contributed by atoms with Gasteiger partial charge in [0, 0.05) is 17.7 Å². The lowest BCUT2D eigenvalue weighted by molar-refractivity contribution is -0.384. The molecule has 0 saturated carbocycles. The summed E-state index contributed by atoms with van der Waals surface area (Å²) in [6.07, 6.45) is 4.25. The quantitative estimate of drug-likeness (QED) is 0.242. The summed E-state index contributed by atoms with van der Waals surface area (Å²) in [5, 5.41) is 22.1. The van der Waals surface area contributed by atoms with E-state index in [9.17, 15) is 14.9 Å². The molecule has 0 unspecified atom stereocenters. The monoisotopic (exact) mass is 460 g/mol. The highest BCUT2D eigenvalue weighted by Crippen LogP contribution is 2.33. The maximum atomic E-state index is 13.2. The Hall–Kier alpha value is -3.52. The number of carbonyl (C=O) groups excluding carboxylic acids is 1. The molecule has 0 N–H and O–H groups in total. The van der Waals surface area contributed by atoms with Crippen molar-refractivity contribution in [1.29, 1.82) is 0 Å². The van der Waals surface area contributed by atoms with Gasteiger partial charge in [0.1, 0.15) is 0 Å². The Bertz CT molecular complexity index is 1240.